The smallest absolute Gasteiger partial charge is 0.239 e. The molecule has 0 saturated heterocycles. The van der Waals surface area contributed by atoms with Crippen LogP contribution < -0.4 is 10.6 Å². The Balaban J connectivity index is 2.98. The Morgan fingerprint density at radius 3 is 2.19 bits per heavy atom. The van der Waals surface area contributed by atoms with E-state index >= 15 is 0 Å². The second-order valence-corrected chi connectivity index (χ2v) is 6.55. The lowest BCUT2D eigenvalue weighted by Crippen LogP contribution is -2.47. The Bertz CT molecular complexity index is 542. The molecule has 0 aliphatic carbocycles. The minimum atomic E-state index is -1.18. The van der Waals surface area contributed by atoms with Crippen molar-refractivity contribution in [2.45, 2.75) is 47.6 Å². The van der Waals surface area contributed by atoms with Gasteiger partial charge in [0.2, 0.25) is 11.8 Å². The molecule has 5 heteroatoms. The molecule has 0 aliphatic heterocycles. The van der Waals surface area contributed by atoms with Gasteiger partial charge in [0.15, 0.2) is 0 Å². The molecule has 0 saturated carbocycles. The molecule has 1 aromatic carbocycles. The number of benzene rings is 1. The monoisotopic (exact) mass is 310 g/mol. The van der Waals surface area contributed by atoms with Crippen LogP contribution in [-0.2, 0) is 9.59 Å². The zero-order chi connectivity index (χ0) is 16.4. The van der Waals surface area contributed by atoms with Crippen LogP contribution >= 0.6 is 11.6 Å². The van der Waals surface area contributed by atoms with Gasteiger partial charge in [-0.1, -0.05) is 17.7 Å². The Morgan fingerprint density at radius 1 is 1.14 bits per heavy atom. The van der Waals surface area contributed by atoms with E-state index in [0.29, 0.717) is 10.7 Å². The summed E-state index contributed by atoms with van der Waals surface area (Å²) in [6, 6.07) is 3.70. The summed E-state index contributed by atoms with van der Waals surface area (Å²) in [5, 5.41) is 6.00. The second kappa shape index (κ2) is 6.48. The van der Waals surface area contributed by atoms with Crippen molar-refractivity contribution in [3.8, 4) is 0 Å². The first kappa shape index (κ1) is 17.5. The molecule has 0 aromatic heterocycles. The number of carbonyl (C=O) groups is 2. The van der Waals surface area contributed by atoms with E-state index < -0.39 is 5.41 Å². The zero-order valence-electron chi connectivity index (χ0n) is 13.4. The highest BCUT2D eigenvalue weighted by Crippen LogP contribution is 2.29. The molecule has 0 bridgehead atoms. The van der Waals surface area contributed by atoms with Gasteiger partial charge in [0.25, 0.3) is 0 Å². The first-order chi connectivity index (χ1) is 9.55. The third-order valence-corrected chi connectivity index (χ3v) is 3.52. The quantitative estimate of drug-likeness (QED) is 0.837. The molecule has 0 heterocycles. The van der Waals surface area contributed by atoms with E-state index in [4.69, 9.17) is 11.6 Å². The lowest BCUT2D eigenvalue weighted by molar-refractivity contribution is -0.138. The SMILES string of the molecule is Cc1cc(C)c(NC(=O)C(C)(C)C(=O)NC(C)C)c(Cl)c1. The second-order valence-electron chi connectivity index (χ2n) is 6.15. The molecule has 116 valence electrons. The Labute approximate surface area is 131 Å². The molecule has 1 aromatic rings. The average Bonchev–Trinajstić information content (AvgIpc) is 2.32. The molecule has 0 radical (unpaired) electrons. The minimum Gasteiger partial charge on any atom is -0.353 e. The molecule has 4 nitrogen and oxygen atoms in total. The zero-order valence-corrected chi connectivity index (χ0v) is 14.2. The van der Waals surface area contributed by atoms with Crippen molar-refractivity contribution in [1.82, 2.24) is 5.32 Å². The maximum atomic E-state index is 12.4. The van der Waals surface area contributed by atoms with E-state index in [2.05, 4.69) is 10.6 Å². The summed E-state index contributed by atoms with van der Waals surface area (Å²) in [5.41, 5.74) is 1.27. The fraction of sp³-hybridized carbons (Fsp3) is 0.500. The van der Waals surface area contributed by atoms with Crippen molar-refractivity contribution >= 4 is 29.1 Å². The lowest BCUT2D eigenvalue weighted by atomic mass is 9.90. The Kier molecular flexibility index (Phi) is 5.40. The van der Waals surface area contributed by atoms with Gasteiger partial charge in [-0.2, -0.15) is 0 Å². The molecule has 2 amide bonds. The van der Waals surface area contributed by atoms with Gasteiger partial charge in [0.05, 0.1) is 10.7 Å². The summed E-state index contributed by atoms with van der Waals surface area (Å²) in [6.07, 6.45) is 0. The molecule has 0 spiro atoms. The summed E-state index contributed by atoms with van der Waals surface area (Å²) in [6.45, 7) is 10.7. The fourth-order valence-corrected chi connectivity index (χ4v) is 2.26. The van der Waals surface area contributed by atoms with Gasteiger partial charge >= 0.3 is 0 Å². The summed E-state index contributed by atoms with van der Waals surface area (Å²) >= 11 is 6.18. The third-order valence-electron chi connectivity index (χ3n) is 3.23. The number of halogens is 1. The van der Waals surface area contributed by atoms with Crippen molar-refractivity contribution in [2.75, 3.05) is 5.32 Å². The molecule has 0 unspecified atom stereocenters. The number of hydrogen-bond donors (Lipinski definition) is 2. The number of rotatable bonds is 4. The molecule has 2 N–H and O–H groups in total. The largest absolute Gasteiger partial charge is 0.353 e. The van der Waals surface area contributed by atoms with Crippen LogP contribution in [0.25, 0.3) is 0 Å². The standard InChI is InChI=1S/C16H23ClN2O2/c1-9(2)18-14(20)16(5,6)15(21)19-13-11(4)7-10(3)8-12(13)17/h7-9H,1-6H3,(H,18,20)(H,19,21). The van der Waals surface area contributed by atoms with Gasteiger partial charge in [-0.15, -0.1) is 0 Å². The summed E-state index contributed by atoms with van der Waals surface area (Å²) < 4.78 is 0. The number of anilines is 1. The van der Waals surface area contributed by atoms with Crippen LogP contribution in [0.5, 0.6) is 0 Å². The average molecular weight is 311 g/mol. The van der Waals surface area contributed by atoms with Gasteiger partial charge in [-0.05, 0) is 58.7 Å². The maximum Gasteiger partial charge on any atom is 0.239 e. The normalized spacial score (nSPS) is 11.4. The third kappa shape index (κ3) is 4.21. The lowest BCUT2D eigenvalue weighted by Gasteiger charge is -2.25. The van der Waals surface area contributed by atoms with Crippen LogP contribution in [0.2, 0.25) is 5.02 Å². The number of aryl methyl sites for hydroxylation is 2. The highest BCUT2D eigenvalue weighted by molar-refractivity contribution is 6.34. The van der Waals surface area contributed by atoms with Crippen molar-refractivity contribution in [3.05, 3.63) is 28.3 Å². The molecule has 0 atom stereocenters. The summed E-state index contributed by atoms with van der Waals surface area (Å²) in [5.74, 6) is -0.689. The predicted molar refractivity (Wildman–Crippen MR) is 86.6 cm³/mol. The van der Waals surface area contributed by atoms with Gasteiger partial charge in [-0.3, -0.25) is 9.59 Å². The highest BCUT2D eigenvalue weighted by Gasteiger charge is 2.36. The highest BCUT2D eigenvalue weighted by atomic mass is 35.5. The van der Waals surface area contributed by atoms with Gasteiger partial charge in [0.1, 0.15) is 5.41 Å². The molecular weight excluding hydrogens is 288 g/mol. The van der Waals surface area contributed by atoms with Gasteiger partial charge in [-0.25, -0.2) is 0 Å². The van der Waals surface area contributed by atoms with E-state index in [1.54, 1.807) is 19.9 Å². The van der Waals surface area contributed by atoms with E-state index in [1.807, 2.05) is 33.8 Å². The topological polar surface area (TPSA) is 58.2 Å². The van der Waals surface area contributed by atoms with E-state index in [1.165, 1.54) is 0 Å². The van der Waals surface area contributed by atoms with E-state index in [0.717, 1.165) is 11.1 Å². The first-order valence-electron chi connectivity index (χ1n) is 6.95. The number of amides is 2. The Morgan fingerprint density at radius 2 is 1.71 bits per heavy atom. The maximum absolute atomic E-state index is 12.4. The fourth-order valence-electron chi connectivity index (χ4n) is 1.89. The number of nitrogens with one attached hydrogen (secondary N) is 2. The van der Waals surface area contributed by atoms with E-state index in [9.17, 15) is 9.59 Å². The summed E-state index contributed by atoms with van der Waals surface area (Å²) in [7, 11) is 0. The van der Waals surface area contributed by atoms with Crippen LogP contribution in [0.4, 0.5) is 5.69 Å². The van der Waals surface area contributed by atoms with Crippen molar-refractivity contribution in [3.63, 3.8) is 0 Å². The van der Waals surface area contributed by atoms with Gasteiger partial charge in [0, 0.05) is 6.04 Å². The van der Waals surface area contributed by atoms with Crippen LogP contribution in [0.3, 0.4) is 0 Å². The Hall–Kier alpha value is -1.55. The summed E-state index contributed by atoms with van der Waals surface area (Å²) in [4.78, 5) is 24.5. The molecule has 0 aliphatic rings. The van der Waals surface area contributed by atoms with Crippen LogP contribution in [0.15, 0.2) is 12.1 Å². The van der Waals surface area contributed by atoms with Crippen molar-refractivity contribution in [2.24, 2.45) is 5.41 Å². The molecule has 1 rings (SSSR count). The number of hydrogen-bond acceptors (Lipinski definition) is 2. The van der Waals surface area contributed by atoms with Crippen LogP contribution in [-0.4, -0.2) is 17.9 Å². The van der Waals surface area contributed by atoms with Crippen molar-refractivity contribution < 1.29 is 9.59 Å². The van der Waals surface area contributed by atoms with E-state index in [-0.39, 0.29) is 17.9 Å². The van der Waals surface area contributed by atoms with Crippen LogP contribution in [0, 0.1) is 19.3 Å². The first-order valence-corrected chi connectivity index (χ1v) is 7.32. The number of carbonyl (C=O) groups excluding carboxylic acids is 2. The minimum absolute atomic E-state index is 0.0192. The van der Waals surface area contributed by atoms with Crippen LogP contribution in [0.1, 0.15) is 38.8 Å². The molecule has 21 heavy (non-hydrogen) atoms. The van der Waals surface area contributed by atoms with Crippen molar-refractivity contribution in [1.29, 1.82) is 0 Å². The molecular formula is C16H23ClN2O2. The molecule has 0 fully saturated rings. The predicted octanol–water partition coefficient (Wildman–Crippen LogP) is 3.45. The van der Waals surface area contributed by atoms with Gasteiger partial charge < -0.3 is 10.6 Å².